The van der Waals surface area contributed by atoms with E-state index < -0.39 is 0 Å². The molecule has 0 N–H and O–H groups in total. The Labute approximate surface area is 141 Å². The fourth-order valence-corrected chi connectivity index (χ4v) is 3.16. The highest BCUT2D eigenvalue weighted by Crippen LogP contribution is 2.29. The molecule has 0 saturated carbocycles. The predicted molar refractivity (Wildman–Crippen MR) is 94.5 cm³/mol. The summed E-state index contributed by atoms with van der Waals surface area (Å²) in [4.78, 5) is 18.3. The van der Waals surface area contributed by atoms with Crippen molar-refractivity contribution in [1.82, 2.24) is 0 Å². The molecule has 1 amide bonds. The van der Waals surface area contributed by atoms with Crippen LogP contribution in [0, 0.1) is 3.57 Å². The van der Waals surface area contributed by atoms with Gasteiger partial charge in [0.1, 0.15) is 6.54 Å². The first kappa shape index (κ1) is 14.5. The number of likely N-dealkylation sites (N-methyl/N-ethyl adjacent to an activating group) is 1. The molecule has 3 nitrogen and oxygen atoms in total. The van der Waals surface area contributed by atoms with Crippen molar-refractivity contribution < 1.29 is 4.79 Å². The van der Waals surface area contributed by atoms with Gasteiger partial charge in [-0.3, -0.25) is 9.79 Å². The molecule has 106 valence electrons. The van der Waals surface area contributed by atoms with E-state index in [9.17, 15) is 4.79 Å². The lowest BCUT2D eigenvalue weighted by molar-refractivity contribution is -0.116. The number of carbonyl (C=O) groups is 1. The van der Waals surface area contributed by atoms with Crippen LogP contribution < -0.4 is 4.90 Å². The third kappa shape index (κ3) is 2.70. The topological polar surface area (TPSA) is 32.7 Å². The number of hydrogen-bond acceptors (Lipinski definition) is 2. The van der Waals surface area contributed by atoms with Gasteiger partial charge in [0.2, 0.25) is 5.91 Å². The minimum absolute atomic E-state index is 0.0282. The zero-order valence-electron chi connectivity index (χ0n) is 11.3. The lowest BCUT2D eigenvalue weighted by Gasteiger charge is -2.18. The number of benzodiazepines with no additional fused rings is 1. The fraction of sp³-hybridized carbons (Fsp3) is 0.125. The molecule has 5 heteroatoms. The number of halogens is 2. The molecule has 0 bridgehead atoms. The first-order valence-electron chi connectivity index (χ1n) is 6.44. The molecule has 1 aliphatic rings. The van der Waals surface area contributed by atoms with E-state index in [1.807, 2.05) is 36.4 Å². The quantitative estimate of drug-likeness (QED) is 0.661. The zero-order chi connectivity index (χ0) is 15.0. The zero-order valence-corrected chi connectivity index (χ0v) is 14.2. The summed E-state index contributed by atoms with van der Waals surface area (Å²) in [5, 5.41) is 0.634. The number of carbonyl (C=O) groups excluding carboxylic acids is 1. The van der Waals surface area contributed by atoms with Crippen LogP contribution in [-0.2, 0) is 4.79 Å². The molecule has 0 spiro atoms. The third-order valence-corrected chi connectivity index (χ3v) is 4.63. The van der Waals surface area contributed by atoms with E-state index >= 15 is 0 Å². The molecular weight excluding hydrogens is 397 g/mol. The first-order valence-corrected chi connectivity index (χ1v) is 7.89. The molecule has 1 heterocycles. The molecule has 2 aromatic rings. The van der Waals surface area contributed by atoms with Crippen LogP contribution in [0.1, 0.15) is 11.1 Å². The number of fused-ring (bicyclic) bond motifs is 1. The summed E-state index contributed by atoms with van der Waals surface area (Å²) in [6.07, 6.45) is 0. The summed E-state index contributed by atoms with van der Waals surface area (Å²) in [6, 6.07) is 13.5. The van der Waals surface area contributed by atoms with Crippen LogP contribution >= 0.6 is 34.2 Å². The Kier molecular flexibility index (Phi) is 3.99. The average molecular weight is 409 g/mol. The average Bonchev–Trinajstić information content (AvgIpc) is 2.59. The Morgan fingerprint density at radius 1 is 1.19 bits per heavy atom. The molecule has 0 atom stereocenters. The van der Waals surface area contributed by atoms with Crippen LogP contribution in [0.25, 0.3) is 0 Å². The predicted octanol–water partition coefficient (Wildman–Crippen LogP) is 3.76. The van der Waals surface area contributed by atoms with Gasteiger partial charge in [0.05, 0.1) is 11.4 Å². The molecule has 21 heavy (non-hydrogen) atoms. The van der Waals surface area contributed by atoms with Crippen molar-refractivity contribution in [2.24, 2.45) is 4.99 Å². The first-order chi connectivity index (χ1) is 10.1. The van der Waals surface area contributed by atoms with Gasteiger partial charge >= 0.3 is 0 Å². The molecule has 0 radical (unpaired) electrons. The van der Waals surface area contributed by atoms with Crippen molar-refractivity contribution in [2.45, 2.75) is 0 Å². The number of amides is 1. The largest absolute Gasteiger partial charge is 0.313 e. The van der Waals surface area contributed by atoms with Gasteiger partial charge in [-0.2, -0.15) is 0 Å². The lowest BCUT2D eigenvalue weighted by atomic mass is 10.0. The second-order valence-corrected chi connectivity index (χ2v) is 6.36. The Balaban J connectivity index is 2.26. The van der Waals surface area contributed by atoms with Crippen molar-refractivity contribution in [3.63, 3.8) is 0 Å². The number of hydrogen-bond donors (Lipinski definition) is 0. The molecule has 1 aliphatic heterocycles. The molecule has 0 aliphatic carbocycles. The Hall–Kier alpha value is -1.40. The van der Waals surface area contributed by atoms with E-state index in [4.69, 9.17) is 11.6 Å². The molecule has 0 saturated heterocycles. The van der Waals surface area contributed by atoms with E-state index in [2.05, 4.69) is 27.6 Å². The number of rotatable bonds is 1. The number of benzene rings is 2. The summed E-state index contributed by atoms with van der Waals surface area (Å²) < 4.78 is 1.09. The highest BCUT2D eigenvalue weighted by molar-refractivity contribution is 14.1. The summed E-state index contributed by atoms with van der Waals surface area (Å²) in [5.41, 5.74) is 3.56. The minimum Gasteiger partial charge on any atom is -0.313 e. The summed E-state index contributed by atoms with van der Waals surface area (Å²) in [7, 11) is 1.77. The Bertz CT molecular complexity index is 758. The highest BCUT2D eigenvalue weighted by atomic mass is 125. The number of nitrogens with zero attached hydrogens (tertiary/aromatic N) is 2. The second kappa shape index (κ2) is 5.77. The summed E-state index contributed by atoms with van der Waals surface area (Å²) in [6.45, 7) is 0.142. The number of aliphatic imine (C=N–C) groups is 1. The minimum atomic E-state index is -0.0282. The fourth-order valence-electron chi connectivity index (χ4n) is 2.35. The van der Waals surface area contributed by atoms with Crippen molar-refractivity contribution in [1.29, 1.82) is 0 Å². The van der Waals surface area contributed by atoms with Gasteiger partial charge in [-0.15, -0.1) is 0 Å². The van der Waals surface area contributed by atoms with Crippen LogP contribution in [0.3, 0.4) is 0 Å². The van der Waals surface area contributed by atoms with Crippen LogP contribution in [-0.4, -0.2) is 25.2 Å². The van der Waals surface area contributed by atoms with E-state index in [1.54, 1.807) is 18.0 Å². The summed E-state index contributed by atoms with van der Waals surface area (Å²) >= 11 is 8.43. The van der Waals surface area contributed by atoms with Gasteiger partial charge in [0.25, 0.3) is 0 Å². The normalized spacial score (nSPS) is 14.5. The van der Waals surface area contributed by atoms with Gasteiger partial charge < -0.3 is 4.90 Å². The second-order valence-electron chi connectivity index (χ2n) is 4.76. The van der Waals surface area contributed by atoms with Crippen LogP contribution in [0.5, 0.6) is 0 Å². The molecule has 0 fully saturated rings. The van der Waals surface area contributed by atoms with Crippen LogP contribution in [0.4, 0.5) is 5.69 Å². The lowest BCUT2D eigenvalue weighted by Crippen LogP contribution is -2.27. The van der Waals surface area contributed by atoms with Gasteiger partial charge in [-0.1, -0.05) is 29.8 Å². The molecule has 2 aromatic carbocycles. The van der Waals surface area contributed by atoms with E-state index in [1.165, 1.54) is 0 Å². The highest BCUT2D eigenvalue weighted by Gasteiger charge is 2.23. The smallest absolute Gasteiger partial charge is 0.248 e. The monoisotopic (exact) mass is 408 g/mol. The van der Waals surface area contributed by atoms with E-state index in [0.717, 1.165) is 26.1 Å². The molecular formula is C16H12ClIN2O. The van der Waals surface area contributed by atoms with E-state index in [-0.39, 0.29) is 12.5 Å². The maximum Gasteiger partial charge on any atom is 0.248 e. The summed E-state index contributed by atoms with van der Waals surface area (Å²) in [5.74, 6) is -0.0282. The Morgan fingerprint density at radius 3 is 2.71 bits per heavy atom. The van der Waals surface area contributed by atoms with Crippen LogP contribution in [0.2, 0.25) is 5.02 Å². The molecule has 3 rings (SSSR count). The van der Waals surface area contributed by atoms with Gasteiger partial charge in [-0.25, -0.2) is 0 Å². The number of anilines is 1. The molecule has 0 unspecified atom stereocenters. The molecule has 0 aromatic heterocycles. The third-order valence-electron chi connectivity index (χ3n) is 3.45. The maximum atomic E-state index is 12.1. The Morgan fingerprint density at radius 2 is 1.95 bits per heavy atom. The maximum absolute atomic E-state index is 12.1. The standard InChI is InChI=1S/C16H12ClIN2O/c1-20-14-7-6-10(17)8-12(14)16(19-9-15(20)21)11-4-2-3-5-13(11)18/h2-8H,9H2,1H3/i18-2. The van der Waals surface area contributed by atoms with Gasteiger partial charge in [0.15, 0.2) is 0 Å². The SMILES string of the molecule is CN1C(=O)CN=C(c2ccccc2[125I])c2cc(Cl)ccc21. The van der Waals surface area contributed by atoms with Crippen molar-refractivity contribution in [3.05, 3.63) is 62.2 Å². The van der Waals surface area contributed by atoms with Crippen LogP contribution in [0.15, 0.2) is 47.5 Å². The van der Waals surface area contributed by atoms with Crippen molar-refractivity contribution in [2.75, 3.05) is 18.5 Å². The van der Waals surface area contributed by atoms with Gasteiger partial charge in [-0.05, 0) is 46.9 Å². The van der Waals surface area contributed by atoms with Gasteiger partial charge in [0, 0.05) is 26.8 Å². The van der Waals surface area contributed by atoms with E-state index in [0.29, 0.717) is 5.02 Å². The van der Waals surface area contributed by atoms with Crippen molar-refractivity contribution in [3.8, 4) is 0 Å². The van der Waals surface area contributed by atoms with Crippen molar-refractivity contribution >= 4 is 51.5 Å².